The standard InChI is InChI=1S/C38H40ClN7O5/c1-2-23-19-41-36-34(23)35(39)29(20-42-36)24-7-6-8-27(18-24)45-16-15-44(22-33(45)49)32(48)9-4-3-5-14-40-26-10-11-28-25(17-26)21-46(38(28)51)30-12-13-31(47)43-37(30)50/h6-8,10-11,17-20,30,40H,2-5,9,12-16,21-22H2,1H3,(H,41,42)(H,43,47,50). The minimum Gasteiger partial charge on any atom is -0.385 e. The number of hydrogen-bond donors (Lipinski definition) is 3. The van der Waals surface area contributed by atoms with Gasteiger partial charge >= 0.3 is 0 Å². The molecular formula is C38H40ClN7O5. The molecule has 0 bridgehead atoms. The summed E-state index contributed by atoms with van der Waals surface area (Å²) in [4.78, 5) is 75.7. The quantitative estimate of drug-likeness (QED) is 0.146. The highest BCUT2D eigenvalue weighted by Crippen LogP contribution is 2.36. The number of piperazine rings is 1. The van der Waals surface area contributed by atoms with Crippen LogP contribution < -0.4 is 15.5 Å². The third kappa shape index (κ3) is 6.92. The summed E-state index contributed by atoms with van der Waals surface area (Å²) in [5, 5.41) is 7.27. The van der Waals surface area contributed by atoms with Crippen molar-refractivity contribution in [2.45, 2.75) is 64.5 Å². The van der Waals surface area contributed by atoms with Crippen molar-refractivity contribution in [1.82, 2.24) is 25.1 Å². The van der Waals surface area contributed by atoms with Gasteiger partial charge in [-0.2, -0.15) is 0 Å². The number of aromatic nitrogens is 2. The van der Waals surface area contributed by atoms with Crippen molar-refractivity contribution in [2.24, 2.45) is 0 Å². The van der Waals surface area contributed by atoms with Crippen molar-refractivity contribution >= 4 is 63.5 Å². The summed E-state index contributed by atoms with van der Waals surface area (Å²) in [7, 11) is 0. The van der Waals surface area contributed by atoms with Crippen LogP contribution in [0.2, 0.25) is 5.02 Å². The molecule has 51 heavy (non-hydrogen) atoms. The molecule has 2 aromatic carbocycles. The third-order valence-corrected chi connectivity index (χ3v) is 10.5. The second-order valence-electron chi connectivity index (χ2n) is 13.3. The summed E-state index contributed by atoms with van der Waals surface area (Å²) in [6.07, 6.45) is 7.88. The molecule has 1 unspecified atom stereocenters. The molecule has 0 saturated carbocycles. The monoisotopic (exact) mass is 709 g/mol. The fraction of sp³-hybridized carbons (Fsp3) is 0.368. The topological polar surface area (TPSA) is 148 Å². The summed E-state index contributed by atoms with van der Waals surface area (Å²) >= 11 is 6.86. The Hall–Kier alpha value is -5.23. The maximum Gasteiger partial charge on any atom is 0.255 e. The van der Waals surface area contributed by atoms with Crippen LogP contribution in [0.15, 0.2) is 54.9 Å². The lowest BCUT2D eigenvalue weighted by Gasteiger charge is -2.34. The Balaban J connectivity index is 0.855. The van der Waals surface area contributed by atoms with Gasteiger partial charge in [0.1, 0.15) is 18.2 Å². The van der Waals surface area contributed by atoms with Gasteiger partial charge in [-0.15, -0.1) is 0 Å². The van der Waals surface area contributed by atoms with E-state index in [0.29, 0.717) is 49.6 Å². The number of amides is 5. The van der Waals surface area contributed by atoms with Gasteiger partial charge in [0, 0.05) is 79.3 Å². The van der Waals surface area contributed by atoms with Gasteiger partial charge in [-0.05, 0) is 72.7 Å². The molecule has 0 spiro atoms. The van der Waals surface area contributed by atoms with Gasteiger partial charge in [-0.25, -0.2) is 4.98 Å². The Kier molecular flexibility index (Phi) is 9.77. The summed E-state index contributed by atoms with van der Waals surface area (Å²) < 4.78 is 0. The summed E-state index contributed by atoms with van der Waals surface area (Å²) in [6.45, 7) is 4.04. The van der Waals surface area contributed by atoms with Crippen LogP contribution in [0.1, 0.15) is 66.9 Å². The number of aryl methyl sites for hydroxylation is 1. The Bertz CT molecular complexity index is 2040. The number of pyridine rings is 1. The van der Waals surface area contributed by atoms with Crippen LogP contribution in [0, 0.1) is 0 Å². The molecule has 0 radical (unpaired) electrons. The molecule has 3 aliphatic rings. The average molecular weight is 710 g/mol. The SMILES string of the molecule is CCc1c[nH]c2ncc(-c3cccc(N4CCN(C(=O)CCCCCNc5ccc6c(c5)CN(C5CCC(=O)NC5=O)C6=O)CC4=O)c3)c(Cl)c12. The van der Waals surface area contributed by atoms with E-state index in [0.717, 1.165) is 70.3 Å². The van der Waals surface area contributed by atoms with Crippen LogP contribution in [0.25, 0.3) is 22.2 Å². The lowest BCUT2D eigenvalue weighted by atomic mass is 10.0. The molecule has 5 heterocycles. The molecule has 0 aliphatic carbocycles. The Morgan fingerprint density at radius 1 is 1.02 bits per heavy atom. The molecular weight excluding hydrogens is 670 g/mol. The van der Waals surface area contributed by atoms with Crippen molar-refractivity contribution in [3.63, 3.8) is 0 Å². The predicted molar refractivity (Wildman–Crippen MR) is 194 cm³/mol. The number of hydrogen-bond acceptors (Lipinski definition) is 7. The zero-order valence-electron chi connectivity index (χ0n) is 28.5. The van der Waals surface area contributed by atoms with Crippen LogP contribution in [-0.4, -0.2) is 81.5 Å². The maximum absolute atomic E-state index is 13.2. The number of rotatable bonds is 11. The molecule has 264 valence electrons. The number of halogens is 1. The lowest BCUT2D eigenvalue weighted by Crippen LogP contribution is -2.52. The molecule has 3 N–H and O–H groups in total. The minimum atomic E-state index is -0.634. The van der Waals surface area contributed by atoms with Crippen molar-refractivity contribution < 1.29 is 24.0 Å². The number of unbranched alkanes of at least 4 members (excludes halogenated alkanes) is 2. The highest BCUT2D eigenvalue weighted by molar-refractivity contribution is 6.38. The van der Waals surface area contributed by atoms with Gasteiger partial charge in [-0.1, -0.05) is 37.1 Å². The van der Waals surface area contributed by atoms with E-state index in [9.17, 15) is 24.0 Å². The van der Waals surface area contributed by atoms with E-state index in [1.807, 2.05) is 42.6 Å². The fourth-order valence-corrected chi connectivity index (χ4v) is 7.62. The number of carbonyl (C=O) groups excluding carboxylic acids is 5. The van der Waals surface area contributed by atoms with Crippen LogP contribution in [0.3, 0.4) is 0 Å². The Labute approximate surface area is 300 Å². The number of carbonyl (C=O) groups is 5. The minimum absolute atomic E-state index is 0.0158. The van der Waals surface area contributed by atoms with Gasteiger partial charge in [0.05, 0.1) is 5.02 Å². The van der Waals surface area contributed by atoms with Crippen molar-refractivity contribution in [1.29, 1.82) is 0 Å². The van der Waals surface area contributed by atoms with Crippen molar-refractivity contribution in [3.05, 3.63) is 76.6 Å². The molecule has 4 aromatic rings. The lowest BCUT2D eigenvalue weighted by molar-refractivity contribution is -0.137. The molecule has 2 fully saturated rings. The zero-order valence-corrected chi connectivity index (χ0v) is 29.2. The number of benzene rings is 2. The average Bonchev–Trinajstić information content (AvgIpc) is 3.70. The number of nitrogens with zero attached hydrogens (tertiary/aromatic N) is 4. The zero-order chi connectivity index (χ0) is 35.6. The van der Waals surface area contributed by atoms with E-state index >= 15 is 0 Å². The number of piperidine rings is 1. The maximum atomic E-state index is 13.2. The molecule has 7 rings (SSSR count). The normalized spacial score (nSPS) is 17.7. The number of imide groups is 1. The highest BCUT2D eigenvalue weighted by Gasteiger charge is 2.39. The van der Waals surface area contributed by atoms with Crippen LogP contribution >= 0.6 is 11.6 Å². The van der Waals surface area contributed by atoms with E-state index in [4.69, 9.17) is 11.6 Å². The van der Waals surface area contributed by atoms with Crippen molar-refractivity contribution in [3.8, 4) is 11.1 Å². The molecule has 1 atom stereocenters. The molecule has 13 heteroatoms. The van der Waals surface area contributed by atoms with Gasteiger partial charge < -0.3 is 25.0 Å². The van der Waals surface area contributed by atoms with E-state index in [2.05, 4.69) is 27.5 Å². The van der Waals surface area contributed by atoms with Crippen LogP contribution in [-0.2, 0) is 32.1 Å². The van der Waals surface area contributed by atoms with E-state index in [1.54, 1.807) is 27.0 Å². The van der Waals surface area contributed by atoms with E-state index in [1.165, 1.54) is 0 Å². The molecule has 5 amide bonds. The summed E-state index contributed by atoms with van der Waals surface area (Å²) in [5.74, 6) is -1.05. The smallest absolute Gasteiger partial charge is 0.255 e. The number of aromatic amines is 1. The first-order valence-corrected chi connectivity index (χ1v) is 17.9. The number of fused-ring (bicyclic) bond motifs is 2. The van der Waals surface area contributed by atoms with Gasteiger partial charge in [0.25, 0.3) is 5.91 Å². The van der Waals surface area contributed by atoms with Gasteiger partial charge in [0.2, 0.25) is 23.6 Å². The van der Waals surface area contributed by atoms with Crippen LogP contribution in [0.5, 0.6) is 0 Å². The Morgan fingerprint density at radius 3 is 2.69 bits per heavy atom. The van der Waals surface area contributed by atoms with Crippen molar-refractivity contribution in [2.75, 3.05) is 36.4 Å². The first kappa shape index (κ1) is 34.2. The first-order valence-electron chi connectivity index (χ1n) is 17.6. The van der Waals surface area contributed by atoms with Gasteiger partial charge in [-0.3, -0.25) is 29.3 Å². The molecule has 2 saturated heterocycles. The molecule has 2 aromatic heterocycles. The highest BCUT2D eigenvalue weighted by atomic mass is 35.5. The van der Waals surface area contributed by atoms with Gasteiger partial charge in [0.15, 0.2) is 0 Å². The second-order valence-corrected chi connectivity index (χ2v) is 13.7. The number of anilines is 2. The Morgan fingerprint density at radius 2 is 1.88 bits per heavy atom. The molecule has 3 aliphatic heterocycles. The van der Waals surface area contributed by atoms with E-state index < -0.39 is 11.9 Å². The predicted octanol–water partition coefficient (Wildman–Crippen LogP) is 5.05. The van der Waals surface area contributed by atoms with E-state index in [-0.39, 0.29) is 36.6 Å². The summed E-state index contributed by atoms with van der Waals surface area (Å²) in [6, 6.07) is 12.7. The first-order chi connectivity index (χ1) is 24.7. The van der Waals surface area contributed by atoms with Crippen LogP contribution in [0.4, 0.5) is 11.4 Å². The fourth-order valence-electron chi connectivity index (χ4n) is 7.25. The third-order valence-electron chi connectivity index (χ3n) is 10.1. The summed E-state index contributed by atoms with van der Waals surface area (Å²) in [5.41, 5.74) is 6.61. The second kappa shape index (κ2) is 14.6. The largest absolute Gasteiger partial charge is 0.385 e. The molecule has 12 nitrogen and oxygen atoms in total. The number of nitrogens with one attached hydrogen (secondary N) is 3. The number of H-pyrrole nitrogens is 1.